The average Bonchev–Trinajstić information content (AvgIpc) is 2.81. The van der Waals surface area contributed by atoms with Gasteiger partial charge in [-0.25, -0.2) is 0 Å². The molecule has 19 heavy (non-hydrogen) atoms. The number of H-pyrrole nitrogens is 1. The molecule has 0 bridgehead atoms. The fourth-order valence-electron chi connectivity index (χ4n) is 2.26. The Labute approximate surface area is 111 Å². The Kier molecular flexibility index (Phi) is 3.76. The second-order valence-corrected chi connectivity index (χ2v) is 4.52. The summed E-state index contributed by atoms with van der Waals surface area (Å²) in [6.45, 7) is 1.79. The summed E-state index contributed by atoms with van der Waals surface area (Å²) in [6, 6.07) is 5.33. The zero-order chi connectivity index (χ0) is 14.0. The van der Waals surface area contributed by atoms with Gasteiger partial charge >= 0.3 is 5.97 Å². The van der Waals surface area contributed by atoms with Gasteiger partial charge in [0.1, 0.15) is 5.75 Å². The van der Waals surface area contributed by atoms with Gasteiger partial charge in [-0.2, -0.15) is 0 Å². The molecule has 0 aliphatic carbocycles. The van der Waals surface area contributed by atoms with Crippen molar-refractivity contribution < 1.29 is 14.3 Å². The van der Waals surface area contributed by atoms with Gasteiger partial charge in [0, 0.05) is 23.1 Å². The zero-order valence-corrected chi connectivity index (χ0v) is 11.3. The highest BCUT2D eigenvalue weighted by Gasteiger charge is 2.28. The van der Waals surface area contributed by atoms with Crippen LogP contribution in [0.1, 0.15) is 18.4 Å². The normalized spacial score (nSPS) is 14.1. The molecular weight excluding hydrogens is 244 g/mol. The van der Waals surface area contributed by atoms with E-state index in [1.807, 2.05) is 18.2 Å². The zero-order valence-electron chi connectivity index (χ0n) is 11.3. The van der Waals surface area contributed by atoms with Crippen LogP contribution in [0.2, 0.25) is 0 Å². The smallest absolute Gasteiger partial charge is 0.314 e. The molecule has 0 saturated carbocycles. The predicted molar refractivity (Wildman–Crippen MR) is 73.3 cm³/mol. The number of carbonyl (C=O) groups excluding carboxylic acids is 1. The lowest BCUT2D eigenvalue weighted by molar-refractivity contribution is -0.142. The fourth-order valence-corrected chi connectivity index (χ4v) is 2.26. The lowest BCUT2D eigenvalue weighted by Crippen LogP contribution is -2.31. The van der Waals surface area contributed by atoms with Crippen molar-refractivity contribution >= 4 is 16.9 Å². The van der Waals surface area contributed by atoms with E-state index in [1.54, 1.807) is 20.2 Å². The highest BCUT2D eigenvalue weighted by molar-refractivity contribution is 5.91. The first-order chi connectivity index (χ1) is 9.08. The van der Waals surface area contributed by atoms with Gasteiger partial charge in [-0.15, -0.1) is 0 Å². The molecule has 2 rings (SSSR count). The van der Waals surface area contributed by atoms with Gasteiger partial charge in [-0.3, -0.25) is 4.79 Å². The van der Waals surface area contributed by atoms with Crippen molar-refractivity contribution in [1.29, 1.82) is 0 Å². The number of nitrogens with one attached hydrogen (secondary N) is 1. The number of hydrogen-bond acceptors (Lipinski definition) is 4. The van der Waals surface area contributed by atoms with Gasteiger partial charge in [0.2, 0.25) is 0 Å². The van der Waals surface area contributed by atoms with E-state index in [1.165, 1.54) is 7.11 Å². The van der Waals surface area contributed by atoms with E-state index in [0.717, 1.165) is 22.2 Å². The van der Waals surface area contributed by atoms with Crippen molar-refractivity contribution in [1.82, 2.24) is 4.98 Å². The van der Waals surface area contributed by atoms with Gasteiger partial charge < -0.3 is 20.2 Å². The minimum absolute atomic E-state index is 0.335. The molecule has 0 saturated heterocycles. The number of benzene rings is 1. The number of carbonyl (C=O) groups is 1. The molecule has 1 heterocycles. The van der Waals surface area contributed by atoms with Gasteiger partial charge in [0.15, 0.2) is 0 Å². The molecule has 5 heteroatoms. The van der Waals surface area contributed by atoms with Crippen LogP contribution in [-0.4, -0.2) is 31.2 Å². The lowest BCUT2D eigenvalue weighted by Gasteiger charge is -2.17. The SMILES string of the molecule is COC(=O)[C@@H](c1c[nH]c2ccc(OC)cc12)[C@H](C)N. The summed E-state index contributed by atoms with van der Waals surface area (Å²) in [5.41, 5.74) is 7.68. The molecule has 3 N–H and O–H groups in total. The summed E-state index contributed by atoms with van der Waals surface area (Å²) >= 11 is 0. The lowest BCUT2D eigenvalue weighted by atomic mass is 9.92. The molecule has 2 aromatic rings. The van der Waals surface area contributed by atoms with Crippen LogP contribution in [0, 0.1) is 0 Å². The van der Waals surface area contributed by atoms with Crippen molar-refractivity contribution in [2.75, 3.05) is 14.2 Å². The summed E-state index contributed by atoms with van der Waals surface area (Å²) in [5, 5.41) is 0.923. The van der Waals surface area contributed by atoms with Crippen LogP contribution in [0.15, 0.2) is 24.4 Å². The van der Waals surface area contributed by atoms with E-state index in [-0.39, 0.29) is 12.0 Å². The Balaban J connectivity index is 2.56. The molecule has 102 valence electrons. The third-order valence-corrected chi connectivity index (χ3v) is 3.24. The van der Waals surface area contributed by atoms with Gasteiger partial charge in [-0.1, -0.05) is 0 Å². The van der Waals surface area contributed by atoms with Crippen LogP contribution in [0.3, 0.4) is 0 Å². The number of hydrogen-bond donors (Lipinski definition) is 2. The number of methoxy groups -OCH3 is 2. The van der Waals surface area contributed by atoms with Crippen molar-refractivity contribution in [2.45, 2.75) is 18.9 Å². The van der Waals surface area contributed by atoms with Gasteiger partial charge in [-0.05, 0) is 30.7 Å². The molecule has 1 aromatic carbocycles. The maximum atomic E-state index is 11.9. The number of aromatic nitrogens is 1. The van der Waals surface area contributed by atoms with Crippen LogP contribution in [-0.2, 0) is 9.53 Å². The minimum Gasteiger partial charge on any atom is -0.497 e. The number of aromatic amines is 1. The Bertz CT molecular complexity index is 589. The second-order valence-electron chi connectivity index (χ2n) is 4.52. The molecule has 0 spiro atoms. The predicted octanol–water partition coefficient (Wildman–Crippen LogP) is 1.78. The molecule has 5 nitrogen and oxygen atoms in total. The molecule has 0 radical (unpaired) electrons. The third kappa shape index (κ3) is 2.42. The van der Waals surface area contributed by atoms with E-state index >= 15 is 0 Å². The van der Waals surface area contributed by atoms with Crippen molar-refractivity contribution in [3.8, 4) is 5.75 Å². The van der Waals surface area contributed by atoms with E-state index < -0.39 is 5.92 Å². The summed E-state index contributed by atoms with van der Waals surface area (Å²) in [4.78, 5) is 15.0. The van der Waals surface area contributed by atoms with Crippen LogP contribution in [0.25, 0.3) is 10.9 Å². The largest absolute Gasteiger partial charge is 0.497 e. The molecule has 0 aliphatic rings. The molecule has 0 aliphatic heterocycles. The standard InChI is InChI=1S/C14H18N2O3/c1-8(15)13(14(17)19-3)11-7-16-12-5-4-9(18-2)6-10(11)12/h4-8,13,16H,15H2,1-3H3/t8-,13+/m0/s1. The Morgan fingerprint density at radius 1 is 1.37 bits per heavy atom. The van der Waals surface area contributed by atoms with Gasteiger partial charge in [0.05, 0.1) is 20.1 Å². The van der Waals surface area contributed by atoms with E-state index in [2.05, 4.69) is 4.98 Å². The van der Waals surface area contributed by atoms with E-state index in [4.69, 9.17) is 15.2 Å². The molecule has 1 aromatic heterocycles. The maximum absolute atomic E-state index is 11.9. The molecule has 0 fully saturated rings. The fraction of sp³-hybridized carbons (Fsp3) is 0.357. The minimum atomic E-state index is -0.495. The molecule has 0 unspecified atom stereocenters. The summed E-state index contributed by atoms with van der Waals surface area (Å²) < 4.78 is 10.1. The number of ether oxygens (including phenoxy) is 2. The number of nitrogens with two attached hydrogens (primary N) is 1. The van der Waals surface area contributed by atoms with Crippen molar-refractivity contribution in [3.63, 3.8) is 0 Å². The highest BCUT2D eigenvalue weighted by Crippen LogP contribution is 2.30. The monoisotopic (exact) mass is 262 g/mol. The van der Waals surface area contributed by atoms with Crippen LogP contribution in [0.5, 0.6) is 5.75 Å². The maximum Gasteiger partial charge on any atom is 0.314 e. The first kappa shape index (κ1) is 13.4. The Morgan fingerprint density at radius 3 is 2.68 bits per heavy atom. The topological polar surface area (TPSA) is 77.3 Å². The highest BCUT2D eigenvalue weighted by atomic mass is 16.5. The molecular formula is C14H18N2O3. The van der Waals surface area contributed by atoms with Crippen molar-refractivity contribution in [3.05, 3.63) is 30.0 Å². The quantitative estimate of drug-likeness (QED) is 0.823. The Hall–Kier alpha value is -2.01. The number of esters is 1. The summed E-state index contributed by atoms with van der Waals surface area (Å²) in [7, 11) is 2.98. The third-order valence-electron chi connectivity index (χ3n) is 3.24. The summed E-state index contributed by atoms with van der Waals surface area (Å²) in [6.07, 6.45) is 1.80. The van der Waals surface area contributed by atoms with E-state index in [0.29, 0.717) is 0 Å². The van der Waals surface area contributed by atoms with Gasteiger partial charge in [0.25, 0.3) is 0 Å². The van der Waals surface area contributed by atoms with Crippen molar-refractivity contribution in [2.24, 2.45) is 5.73 Å². The average molecular weight is 262 g/mol. The summed E-state index contributed by atoms with van der Waals surface area (Å²) in [5.74, 6) is -0.0915. The van der Waals surface area contributed by atoms with Crippen LogP contribution < -0.4 is 10.5 Å². The first-order valence-corrected chi connectivity index (χ1v) is 6.07. The molecule has 2 atom stereocenters. The van der Waals surface area contributed by atoms with Crippen LogP contribution >= 0.6 is 0 Å². The van der Waals surface area contributed by atoms with E-state index in [9.17, 15) is 4.79 Å². The molecule has 0 amide bonds. The first-order valence-electron chi connectivity index (χ1n) is 6.07. The Morgan fingerprint density at radius 2 is 2.11 bits per heavy atom. The number of rotatable bonds is 4. The van der Waals surface area contributed by atoms with Crippen LogP contribution in [0.4, 0.5) is 0 Å². The second kappa shape index (κ2) is 5.32. The number of fused-ring (bicyclic) bond motifs is 1.